The number of rotatable bonds is 5. The highest BCUT2D eigenvalue weighted by molar-refractivity contribution is 8.06. The molecule has 0 aliphatic carbocycles. The number of morpholine rings is 1. The van der Waals surface area contributed by atoms with Crippen LogP contribution in [0.15, 0.2) is 40.8 Å². The molecule has 5 rings (SSSR count). The first-order valence-electron chi connectivity index (χ1n) is 11.5. The second-order valence-corrected chi connectivity index (χ2v) is 9.04. The van der Waals surface area contributed by atoms with Gasteiger partial charge >= 0.3 is 0 Å². The standard InChI is InChI=1S/C23H30N8OS/c1-2-29-8-10-30(11-9-29)22-26-20(27-23(28-22)31-12-14-32-15-13-31)19(24)21-25-18(16-33-21)17-6-4-3-5-7-17/h3-7,16,25H,2,8-15,24H2,1H3/b21-19+. The lowest BCUT2D eigenvalue weighted by molar-refractivity contribution is 0.122. The van der Waals surface area contributed by atoms with Gasteiger partial charge in [0.25, 0.3) is 0 Å². The molecular weight excluding hydrogens is 436 g/mol. The number of anilines is 2. The van der Waals surface area contributed by atoms with Crippen molar-refractivity contribution in [1.29, 1.82) is 0 Å². The van der Waals surface area contributed by atoms with E-state index in [2.05, 4.69) is 44.5 Å². The van der Waals surface area contributed by atoms with Crippen LogP contribution in [-0.4, -0.2) is 78.9 Å². The summed E-state index contributed by atoms with van der Waals surface area (Å²) in [7, 11) is 0. The topological polar surface area (TPSA) is 95.7 Å². The maximum Gasteiger partial charge on any atom is 0.230 e. The van der Waals surface area contributed by atoms with E-state index >= 15 is 0 Å². The maximum absolute atomic E-state index is 6.62. The van der Waals surface area contributed by atoms with Crippen LogP contribution in [0.4, 0.5) is 11.9 Å². The predicted octanol–water partition coefficient (Wildman–Crippen LogP) is 1.77. The van der Waals surface area contributed by atoms with Gasteiger partial charge in [-0.1, -0.05) is 49.0 Å². The summed E-state index contributed by atoms with van der Waals surface area (Å²) in [6.45, 7) is 9.91. The zero-order chi connectivity index (χ0) is 22.6. The van der Waals surface area contributed by atoms with Crippen molar-refractivity contribution in [2.24, 2.45) is 5.73 Å². The molecule has 0 bridgehead atoms. The fourth-order valence-corrected chi connectivity index (χ4v) is 4.89. The van der Waals surface area contributed by atoms with E-state index in [0.717, 1.165) is 62.1 Å². The number of nitrogens with zero attached hydrogens (tertiary/aromatic N) is 6. The molecule has 0 amide bonds. The number of aromatic nitrogens is 3. The smallest absolute Gasteiger partial charge is 0.230 e. The number of hydrogen-bond donors (Lipinski definition) is 2. The van der Waals surface area contributed by atoms with Crippen LogP contribution in [-0.2, 0) is 4.74 Å². The third-order valence-electron chi connectivity index (χ3n) is 6.12. The van der Waals surface area contributed by atoms with Crippen LogP contribution in [0.5, 0.6) is 0 Å². The average molecular weight is 467 g/mol. The molecule has 0 atom stereocenters. The van der Waals surface area contributed by atoms with Gasteiger partial charge in [-0.25, -0.2) is 0 Å². The molecular formula is C23H30N8OS. The number of benzene rings is 1. The Morgan fingerprint density at radius 2 is 1.64 bits per heavy atom. The van der Waals surface area contributed by atoms with Crippen molar-refractivity contribution >= 4 is 35.1 Å². The first-order valence-corrected chi connectivity index (χ1v) is 12.3. The van der Waals surface area contributed by atoms with Gasteiger partial charge in [0, 0.05) is 44.7 Å². The molecule has 3 aliphatic heterocycles. The van der Waals surface area contributed by atoms with Crippen LogP contribution in [0, 0.1) is 0 Å². The van der Waals surface area contributed by atoms with Gasteiger partial charge in [-0.05, 0) is 12.1 Å². The first kappa shape index (κ1) is 22.0. The molecule has 0 unspecified atom stereocenters. The summed E-state index contributed by atoms with van der Waals surface area (Å²) in [5, 5.41) is 6.36. The highest BCUT2D eigenvalue weighted by Crippen LogP contribution is 2.33. The van der Waals surface area contributed by atoms with Gasteiger partial charge < -0.3 is 30.5 Å². The summed E-state index contributed by atoms with van der Waals surface area (Å²) in [6, 6.07) is 10.2. The van der Waals surface area contributed by atoms with Gasteiger partial charge in [0.2, 0.25) is 11.9 Å². The molecule has 174 valence electrons. The Kier molecular flexibility index (Phi) is 6.65. The molecule has 3 N–H and O–H groups in total. The molecule has 2 fully saturated rings. The fourth-order valence-electron chi connectivity index (χ4n) is 4.07. The Labute approximate surface area is 198 Å². The van der Waals surface area contributed by atoms with Crippen LogP contribution in [0.25, 0.3) is 11.4 Å². The molecule has 10 heteroatoms. The second kappa shape index (κ2) is 9.98. The number of nitrogens with two attached hydrogens (primary N) is 1. The average Bonchev–Trinajstić information content (AvgIpc) is 3.39. The van der Waals surface area contributed by atoms with E-state index in [1.807, 2.05) is 18.2 Å². The Hall–Kier alpha value is -2.82. The first-order chi connectivity index (χ1) is 16.2. The van der Waals surface area contributed by atoms with Crippen molar-refractivity contribution in [3.8, 4) is 0 Å². The number of nitrogens with one attached hydrogen (secondary N) is 1. The maximum atomic E-state index is 6.62. The summed E-state index contributed by atoms with van der Waals surface area (Å²) in [5.41, 5.74) is 9.30. The molecule has 1 aromatic heterocycles. The van der Waals surface area contributed by atoms with Crippen LogP contribution in [0.3, 0.4) is 0 Å². The Morgan fingerprint density at radius 1 is 0.970 bits per heavy atom. The van der Waals surface area contributed by atoms with Crippen molar-refractivity contribution in [2.75, 3.05) is 68.8 Å². The Morgan fingerprint density at radius 3 is 2.30 bits per heavy atom. The van der Waals surface area contributed by atoms with Gasteiger partial charge in [0.15, 0.2) is 5.82 Å². The van der Waals surface area contributed by atoms with Crippen LogP contribution in [0.2, 0.25) is 0 Å². The van der Waals surface area contributed by atoms with Crippen molar-refractivity contribution in [3.05, 3.63) is 52.2 Å². The molecule has 3 aliphatic rings. The van der Waals surface area contributed by atoms with E-state index in [-0.39, 0.29) is 0 Å². The van der Waals surface area contributed by atoms with Crippen molar-refractivity contribution in [2.45, 2.75) is 6.92 Å². The third kappa shape index (κ3) is 4.92. The molecule has 0 saturated carbocycles. The normalized spacial score (nSPS) is 21.1. The van der Waals surface area contributed by atoms with Crippen molar-refractivity contribution in [1.82, 2.24) is 25.2 Å². The highest BCUT2D eigenvalue weighted by atomic mass is 32.2. The SMILES string of the molecule is CCN1CCN(c2nc(/C(N)=C3/NC(c4ccccc4)=CS3)nc(N3CCOCC3)n2)CC1. The Balaban J connectivity index is 1.44. The Bertz CT molecular complexity index is 1030. The lowest BCUT2D eigenvalue weighted by atomic mass is 10.2. The summed E-state index contributed by atoms with van der Waals surface area (Å²) in [4.78, 5) is 21.3. The van der Waals surface area contributed by atoms with Crippen molar-refractivity contribution < 1.29 is 4.74 Å². The largest absolute Gasteiger partial charge is 0.394 e. The fraction of sp³-hybridized carbons (Fsp3) is 0.435. The predicted molar refractivity (Wildman–Crippen MR) is 133 cm³/mol. The quantitative estimate of drug-likeness (QED) is 0.679. The molecule has 4 heterocycles. The van der Waals surface area contributed by atoms with E-state index in [1.165, 1.54) is 0 Å². The minimum atomic E-state index is 0.511. The van der Waals surface area contributed by atoms with E-state index < -0.39 is 0 Å². The third-order valence-corrected chi connectivity index (χ3v) is 7.03. The van der Waals surface area contributed by atoms with Gasteiger partial charge in [-0.3, -0.25) is 0 Å². The summed E-state index contributed by atoms with van der Waals surface area (Å²) >= 11 is 1.56. The minimum Gasteiger partial charge on any atom is -0.394 e. The van der Waals surface area contributed by atoms with Crippen molar-refractivity contribution in [3.63, 3.8) is 0 Å². The molecule has 33 heavy (non-hydrogen) atoms. The number of ether oxygens (including phenoxy) is 1. The lowest BCUT2D eigenvalue weighted by Crippen LogP contribution is -2.47. The van der Waals surface area contributed by atoms with Gasteiger partial charge in [-0.2, -0.15) is 15.0 Å². The number of thioether (sulfide) groups is 1. The van der Waals surface area contributed by atoms with Crippen LogP contribution in [0.1, 0.15) is 18.3 Å². The zero-order valence-electron chi connectivity index (χ0n) is 18.9. The van der Waals surface area contributed by atoms with Gasteiger partial charge in [0.1, 0.15) is 10.7 Å². The van der Waals surface area contributed by atoms with Crippen LogP contribution >= 0.6 is 11.8 Å². The number of piperazine rings is 1. The minimum absolute atomic E-state index is 0.511. The van der Waals surface area contributed by atoms with Gasteiger partial charge in [-0.15, -0.1) is 0 Å². The lowest BCUT2D eigenvalue weighted by Gasteiger charge is -2.34. The second-order valence-electron chi connectivity index (χ2n) is 8.16. The number of likely N-dealkylation sites (N-methyl/N-ethyl adjacent to an activating group) is 1. The molecule has 2 aromatic rings. The summed E-state index contributed by atoms with van der Waals surface area (Å²) in [6.07, 6.45) is 0. The number of hydrogen-bond acceptors (Lipinski definition) is 10. The van der Waals surface area contributed by atoms with E-state index in [0.29, 0.717) is 36.6 Å². The summed E-state index contributed by atoms with van der Waals surface area (Å²) < 4.78 is 5.52. The highest BCUT2D eigenvalue weighted by Gasteiger charge is 2.24. The zero-order valence-corrected chi connectivity index (χ0v) is 19.7. The molecule has 1 aromatic carbocycles. The van der Waals surface area contributed by atoms with Gasteiger partial charge in [0.05, 0.1) is 18.9 Å². The van der Waals surface area contributed by atoms with Crippen LogP contribution < -0.4 is 20.9 Å². The molecule has 9 nitrogen and oxygen atoms in total. The van der Waals surface area contributed by atoms with E-state index in [1.54, 1.807) is 11.8 Å². The molecule has 2 saturated heterocycles. The van der Waals surface area contributed by atoms with E-state index in [9.17, 15) is 0 Å². The summed E-state index contributed by atoms with van der Waals surface area (Å²) in [5.74, 6) is 1.87. The van der Waals surface area contributed by atoms with E-state index in [4.69, 9.17) is 25.4 Å². The monoisotopic (exact) mass is 466 g/mol. The molecule has 0 radical (unpaired) electrons. The molecule has 0 spiro atoms.